The number of carbonyl (C=O) groups is 1. The van der Waals surface area contributed by atoms with Gasteiger partial charge >= 0.3 is 5.97 Å². The number of hydrogen-bond acceptors (Lipinski definition) is 4. The SMILES string of the molecule is C=CC(=O)OCC(O)C(=C)C#N. The van der Waals surface area contributed by atoms with Gasteiger partial charge in [-0.2, -0.15) is 5.26 Å². The molecular weight excluding hydrogens is 158 g/mol. The van der Waals surface area contributed by atoms with Gasteiger partial charge in [0, 0.05) is 6.08 Å². The van der Waals surface area contributed by atoms with Gasteiger partial charge in [0.2, 0.25) is 0 Å². The maximum absolute atomic E-state index is 10.5. The number of esters is 1. The fraction of sp³-hybridized carbons (Fsp3) is 0.250. The van der Waals surface area contributed by atoms with Crippen LogP contribution in [0.2, 0.25) is 0 Å². The molecule has 0 rings (SSSR count). The largest absolute Gasteiger partial charge is 0.459 e. The number of aliphatic hydroxyl groups is 1. The molecule has 0 saturated carbocycles. The van der Waals surface area contributed by atoms with Crippen molar-refractivity contribution in [2.75, 3.05) is 6.61 Å². The summed E-state index contributed by atoms with van der Waals surface area (Å²) >= 11 is 0. The molecule has 0 spiro atoms. The molecule has 0 amide bonds. The van der Waals surface area contributed by atoms with E-state index in [-0.39, 0.29) is 12.2 Å². The summed E-state index contributed by atoms with van der Waals surface area (Å²) in [7, 11) is 0. The molecule has 4 heteroatoms. The molecule has 64 valence electrons. The Kier molecular flexibility index (Phi) is 4.42. The number of ether oxygens (including phenoxy) is 1. The van der Waals surface area contributed by atoms with Crippen molar-refractivity contribution in [2.45, 2.75) is 6.10 Å². The standard InChI is InChI=1S/C8H9NO3/c1-3-8(11)12-5-7(10)6(2)4-9/h3,7,10H,1-2,5H2. The number of carbonyl (C=O) groups excluding carboxylic acids is 1. The van der Waals surface area contributed by atoms with Crippen molar-refractivity contribution in [3.8, 4) is 6.07 Å². The summed E-state index contributed by atoms with van der Waals surface area (Å²) in [5, 5.41) is 17.3. The number of aliphatic hydroxyl groups excluding tert-OH is 1. The van der Waals surface area contributed by atoms with Gasteiger partial charge in [-0.15, -0.1) is 0 Å². The number of nitriles is 1. The highest BCUT2D eigenvalue weighted by molar-refractivity contribution is 5.81. The third-order valence-electron chi connectivity index (χ3n) is 1.10. The Morgan fingerprint density at radius 2 is 2.42 bits per heavy atom. The smallest absolute Gasteiger partial charge is 0.330 e. The van der Waals surface area contributed by atoms with Crippen LogP contribution in [0.3, 0.4) is 0 Å². The van der Waals surface area contributed by atoms with Crippen LogP contribution in [-0.2, 0) is 9.53 Å². The number of nitrogens with zero attached hydrogens (tertiary/aromatic N) is 1. The van der Waals surface area contributed by atoms with Gasteiger partial charge in [-0.3, -0.25) is 0 Å². The Bertz CT molecular complexity index is 239. The minimum atomic E-state index is -1.13. The average Bonchev–Trinajstić information content (AvgIpc) is 2.11. The molecule has 12 heavy (non-hydrogen) atoms. The number of rotatable bonds is 4. The molecule has 1 atom stereocenters. The lowest BCUT2D eigenvalue weighted by Crippen LogP contribution is -2.18. The van der Waals surface area contributed by atoms with E-state index in [1.165, 1.54) is 0 Å². The Hall–Kier alpha value is -1.60. The molecule has 0 saturated heterocycles. The van der Waals surface area contributed by atoms with Gasteiger partial charge in [0.1, 0.15) is 12.7 Å². The third kappa shape index (κ3) is 3.54. The molecule has 0 aromatic carbocycles. The monoisotopic (exact) mass is 167 g/mol. The Morgan fingerprint density at radius 3 is 2.83 bits per heavy atom. The first-order chi connectivity index (χ1) is 5.61. The molecule has 0 aromatic rings. The minimum Gasteiger partial charge on any atom is -0.459 e. The Labute approximate surface area is 70.4 Å². The van der Waals surface area contributed by atoms with E-state index in [2.05, 4.69) is 17.9 Å². The summed E-state index contributed by atoms with van der Waals surface area (Å²) in [6, 6.07) is 1.64. The lowest BCUT2D eigenvalue weighted by atomic mass is 10.2. The van der Waals surface area contributed by atoms with E-state index >= 15 is 0 Å². The zero-order valence-electron chi connectivity index (χ0n) is 6.49. The topological polar surface area (TPSA) is 70.3 Å². The van der Waals surface area contributed by atoms with E-state index in [0.29, 0.717) is 0 Å². The van der Waals surface area contributed by atoms with Crippen LogP contribution in [0.5, 0.6) is 0 Å². The zero-order chi connectivity index (χ0) is 9.56. The molecule has 0 aliphatic rings. The van der Waals surface area contributed by atoms with Gasteiger partial charge in [-0.05, 0) is 0 Å². The molecule has 0 fully saturated rings. The molecule has 0 heterocycles. The van der Waals surface area contributed by atoms with E-state index in [1.54, 1.807) is 6.07 Å². The predicted molar refractivity (Wildman–Crippen MR) is 41.9 cm³/mol. The van der Waals surface area contributed by atoms with Crippen molar-refractivity contribution in [1.29, 1.82) is 5.26 Å². The lowest BCUT2D eigenvalue weighted by molar-refractivity contribution is -0.139. The van der Waals surface area contributed by atoms with Crippen molar-refractivity contribution in [3.63, 3.8) is 0 Å². The molecule has 0 aliphatic heterocycles. The Morgan fingerprint density at radius 1 is 1.83 bits per heavy atom. The van der Waals surface area contributed by atoms with Crippen LogP contribution >= 0.6 is 0 Å². The second-order valence-electron chi connectivity index (χ2n) is 1.99. The third-order valence-corrected chi connectivity index (χ3v) is 1.10. The van der Waals surface area contributed by atoms with E-state index in [1.807, 2.05) is 0 Å². The van der Waals surface area contributed by atoms with Gasteiger partial charge in [0.25, 0.3) is 0 Å². The molecule has 0 radical (unpaired) electrons. The molecular formula is C8H9NO3. The zero-order valence-corrected chi connectivity index (χ0v) is 6.49. The van der Waals surface area contributed by atoms with Crippen molar-refractivity contribution in [2.24, 2.45) is 0 Å². The highest BCUT2D eigenvalue weighted by Gasteiger charge is 2.09. The summed E-state index contributed by atoms with van der Waals surface area (Å²) < 4.78 is 4.46. The van der Waals surface area contributed by atoms with Gasteiger partial charge in [0.05, 0.1) is 11.6 Å². The fourth-order valence-electron chi connectivity index (χ4n) is 0.395. The quantitative estimate of drug-likeness (QED) is 0.367. The summed E-state index contributed by atoms with van der Waals surface area (Å²) in [6.07, 6.45) is -0.152. The molecule has 1 unspecified atom stereocenters. The number of hydrogen-bond donors (Lipinski definition) is 1. The van der Waals surface area contributed by atoms with Crippen LogP contribution in [0, 0.1) is 11.3 Å². The van der Waals surface area contributed by atoms with E-state index in [4.69, 9.17) is 10.4 Å². The van der Waals surface area contributed by atoms with Gasteiger partial charge in [0.15, 0.2) is 0 Å². The van der Waals surface area contributed by atoms with Gasteiger partial charge in [-0.1, -0.05) is 13.2 Å². The second-order valence-corrected chi connectivity index (χ2v) is 1.99. The maximum atomic E-state index is 10.5. The second kappa shape index (κ2) is 5.10. The van der Waals surface area contributed by atoms with Gasteiger partial charge < -0.3 is 9.84 Å². The first-order valence-corrected chi connectivity index (χ1v) is 3.18. The van der Waals surface area contributed by atoms with E-state index in [0.717, 1.165) is 6.08 Å². The normalized spacial score (nSPS) is 11.0. The van der Waals surface area contributed by atoms with Crippen LogP contribution in [-0.4, -0.2) is 23.8 Å². The van der Waals surface area contributed by atoms with Crippen molar-refractivity contribution in [1.82, 2.24) is 0 Å². The summed E-state index contributed by atoms with van der Waals surface area (Å²) in [5.41, 5.74) is -0.0353. The van der Waals surface area contributed by atoms with E-state index in [9.17, 15) is 4.79 Å². The Balaban J connectivity index is 3.80. The van der Waals surface area contributed by atoms with Crippen LogP contribution < -0.4 is 0 Å². The molecule has 0 bridgehead atoms. The summed E-state index contributed by atoms with van der Waals surface area (Å²) in [4.78, 5) is 10.5. The predicted octanol–water partition coefficient (Wildman–Crippen LogP) is 0.156. The van der Waals surface area contributed by atoms with Crippen LogP contribution in [0.15, 0.2) is 24.8 Å². The van der Waals surface area contributed by atoms with Gasteiger partial charge in [-0.25, -0.2) is 4.79 Å². The van der Waals surface area contributed by atoms with Crippen molar-refractivity contribution < 1.29 is 14.6 Å². The summed E-state index contributed by atoms with van der Waals surface area (Å²) in [5.74, 6) is -0.639. The van der Waals surface area contributed by atoms with Crippen LogP contribution in [0.25, 0.3) is 0 Å². The van der Waals surface area contributed by atoms with E-state index < -0.39 is 12.1 Å². The molecule has 0 aromatic heterocycles. The molecule has 0 aliphatic carbocycles. The average molecular weight is 167 g/mol. The first-order valence-electron chi connectivity index (χ1n) is 3.18. The van der Waals surface area contributed by atoms with Crippen LogP contribution in [0.1, 0.15) is 0 Å². The fourth-order valence-corrected chi connectivity index (χ4v) is 0.395. The van der Waals surface area contributed by atoms with Crippen LogP contribution in [0.4, 0.5) is 0 Å². The molecule has 1 N–H and O–H groups in total. The summed E-state index contributed by atoms with van der Waals surface area (Å²) in [6.45, 7) is 6.14. The maximum Gasteiger partial charge on any atom is 0.330 e. The highest BCUT2D eigenvalue weighted by atomic mass is 16.5. The first kappa shape index (κ1) is 10.4. The van der Waals surface area contributed by atoms with Crippen molar-refractivity contribution in [3.05, 3.63) is 24.8 Å². The van der Waals surface area contributed by atoms with Crippen molar-refractivity contribution >= 4 is 5.97 Å². The molecule has 4 nitrogen and oxygen atoms in total. The lowest BCUT2D eigenvalue weighted by Gasteiger charge is -2.07. The highest BCUT2D eigenvalue weighted by Crippen LogP contribution is 1.97. The minimum absolute atomic E-state index is 0.0353.